The molecule has 14 heavy (non-hydrogen) atoms. The van der Waals surface area contributed by atoms with Crippen molar-refractivity contribution in [2.75, 3.05) is 11.9 Å². The summed E-state index contributed by atoms with van der Waals surface area (Å²) in [5, 5.41) is 3.60. The third-order valence-electron chi connectivity index (χ3n) is 1.71. The van der Waals surface area contributed by atoms with Gasteiger partial charge in [-0.15, -0.1) is 11.3 Å². The van der Waals surface area contributed by atoms with Crippen LogP contribution in [-0.2, 0) is 11.2 Å². The van der Waals surface area contributed by atoms with Crippen molar-refractivity contribution in [3.63, 3.8) is 0 Å². The number of anilines is 1. The predicted octanol–water partition coefficient (Wildman–Crippen LogP) is 2.67. The fourth-order valence-corrected chi connectivity index (χ4v) is 2.01. The van der Waals surface area contributed by atoms with Crippen LogP contribution in [0.3, 0.4) is 0 Å². The molecule has 4 heteroatoms. The number of fused-ring (bicyclic) bond motifs is 1. The number of nitrogens with one attached hydrogen (secondary N) is 1. The quantitative estimate of drug-likeness (QED) is 0.779. The highest BCUT2D eigenvalue weighted by Crippen LogP contribution is 2.37. The van der Waals surface area contributed by atoms with Crippen LogP contribution in [0, 0.1) is 0 Å². The molecule has 0 saturated carbocycles. The zero-order valence-electron chi connectivity index (χ0n) is 8.72. The lowest BCUT2D eigenvalue weighted by Crippen LogP contribution is -2.24. The first-order valence-electron chi connectivity index (χ1n) is 4.85. The number of carbonyl (C=O) groups is 1. The molecule has 0 saturated heterocycles. The number of thiophene rings is 1. The van der Waals surface area contributed by atoms with Crippen LogP contribution in [0.2, 0.25) is 0 Å². The Hall–Kier alpha value is -1.03. The Morgan fingerprint density at radius 1 is 1.57 bits per heavy atom. The molecular formula is C10H15NO2S. The number of ether oxygens (including phenoxy) is 1. The van der Waals surface area contributed by atoms with Crippen LogP contribution >= 0.6 is 11.3 Å². The number of carbonyl (C=O) groups excluding carboxylic acids is 1. The van der Waals surface area contributed by atoms with Gasteiger partial charge in [-0.2, -0.15) is 0 Å². The Morgan fingerprint density at radius 2 is 2.29 bits per heavy atom. The summed E-state index contributed by atoms with van der Waals surface area (Å²) in [7, 11) is 0. The lowest BCUT2D eigenvalue weighted by Gasteiger charge is -2.12. The van der Waals surface area contributed by atoms with Crippen molar-refractivity contribution in [1.29, 1.82) is 0 Å². The highest BCUT2D eigenvalue weighted by molar-refractivity contribution is 7.14. The lowest BCUT2D eigenvalue weighted by atomic mass is 10.3. The second kappa shape index (κ2) is 5.00. The molecule has 0 radical (unpaired) electrons. The van der Waals surface area contributed by atoms with Gasteiger partial charge in [-0.25, -0.2) is 0 Å². The minimum absolute atomic E-state index is 0.0667. The van der Waals surface area contributed by atoms with Crippen LogP contribution in [0.15, 0.2) is 6.07 Å². The monoisotopic (exact) mass is 213 g/mol. The Kier molecular flexibility index (Phi) is 3.95. The van der Waals surface area contributed by atoms with Crippen LogP contribution in [0.5, 0.6) is 5.06 Å². The molecule has 1 amide bonds. The number of hydrogen-bond acceptors (Lipinski definition) is 3. The molecular weight excluding hydrogens is 198 g/mol. The summed E-state index contributed by atoms with van der Waals surface area (Å²) in [6.07, 6.45) is 0.983. The fraction of sp³-hybridized carbons (Fsp3) is 0.500. The molecule has 3 nitrogen and oxygen atoms in total. The largest absolute Gasteiger partial charge is 0.472 e. The van der Waals surface area contributed by atoms with Crippen molar-refractivity contribution in [2.24, 2.45) is 0 Å². The molecule has 78 valence electrons. The number of hydrogen-bond donors (Lipinski definition) is 1. The summed E-state index contributed by atoms with van der Waals surface area (Å²) >= 11 is 1.60. The van der Waals surface area contributed by atoms with Crippen molar-refractivity contribution in [3.8, 4) is 5.06 Å². The second-order valence-electron chi connectivity index (χ2n) is 2.60. The van der Waals surface area contributed by atoms with E-state index in [0.29, 0.717) is 0 Å². The van der Waals surface area contributed by atoms with Crippen molar-refractivity contribution in [2.45, 2.75) is 27.2 Å². The van der Waals surface area contributed by atoms with E-state index in [1.807, 2.05) is 19.9 Å². The minimum Gasteiger partial charge on any atom is -0.472 e. The van der Waals surface area contributed by atoms with Gasteiger partial charge < -0.3 is 10.1 Å². The van der Waals surface area contributed by atoms with E-state index in [2.05, 4.69) is 12.2 Å². The van der Waals surface area contributed by atoms with Crippen LogP contribution in [0.25, 0.3) is 0 Å². The third-order valence-corrected chi connectivity index (χ3v) is 2.90. The van der Waals surface area contributed by atoms with E-state index in [9.17, 15) is 4.79 Å². The van der Waals surface area contributed by atoms with Gasteiger partial charge in [-0.3, -0.25) is 4.79 Å². The third kappa shape index (κ3) is 2.26. The Bertz CT molecular complexity index is 320. The van der Waals surface area contributed by atoms with E-state index in [1.54, 1.807) is 11.3 Å². The van der Waals surface area contributed by atoms with Crippen molar-refractivity contribution >= 4 is 22.9 Å². The Labute approximate surface area is 88.1 Å². The standard InChI is InChI=1S/C8H9NO2S.C2H6/c1-2-5-3-6-8(12-5)11-4-7(10)9-6;1-2/h3H,2,4H2,1H3,(H,9,10);1-2H3. The average molecular weight is 213 g/mol. The molecule has 0 aliphatic carbocycles. The summed E-state index contributed by atoms with van der Waals surface area (Å²) in [6, 6.07) is 1.97. The van der Waals surface area contributed by atoms with Gasteiger partial charge in [-0.1, -0.05) is 20.8 Å². The Morgan fingerprint density at radius 3 is 2.93 bits per heavy atom. The molecule has 0 fully saturated rings. The first-order chi connectivity index (χ1) is 6.79. The van der Waals surface area contributed by atoms with E-state index >= 15 is 0 Å². The molecule has 2 rings (SSSR count). The Balaban J connectivity index is 0.000000461. The SMILES string of the molecule is CC.CCc1cc2c(s1)OCC(=O)N2. The smallest absolute Gasteiger partial charge is 0.262 e. The lowest BCUT2D eigenvalue weighted by molar-refractivity contribution is -0.118. The van der Waals surface area contributed by atoms with Gasteiger partial charge >= 0.3 is 0 Å². The molecule has 0 spiro atoms. The topological polar surface area (TPSA) is 38.3 Å². The van der Waals surface area contributed by atoms with E-state index < -0.39 is 0 Å². The normalized spacial score (nSPS) is 13.2. The summed E-state index contributed by atoms with van der Waals surface area (Å²) in [6.45, 7) is 6.23. The van der Waals surface area contributed by atoms with Crippen LogP contribution in [0.1, 0.15) is 25.6 Å². The maximum atomic E-state index is 10.9. The van der Waals surface area contributed by atoms with E-state index in [4.69, 9.17) is 4.74 Å². The van der Waals surface area contributed by atoms with Gasteiger partial charge in [0.15, 0.2) is 11.7 Å². The summed E-state index contributed by atoms with van der Waals surface area (Å²) < 4.78 is 5.22. The molecule has 1 aliphatic heterocycles. The van der Waals surface area contributed by atoms with Crippen molar-refractivity contribution in [1.82, 2.24) is 0 Å². The highest BCUT2D eigenvalue weighted by atomic mass is 32.1. The van der Waals surface area contributed by atoms with Gasteiger partial charge in [-0.05, 0) is 12.5 Å². The van der Waals surface area contributed by atoms with Gasteiger partial charge in [0.25, 0.3) is 5.91 Å². The molecule has 1 aromatic heterocycles. The number of rotatable bonds is 1. The molecule has 1 aliphatic rings. The first-order valence-corrected chi connectivity index (χ1v) is 5.66. The molecule has 1 N–H and O–H groups in total. The molecule has 0 aromatic carbocycles. The summed E-state index contributed by atoms with van der Waals surface area (Å²) in [5.41, 5.74) is 0.827. The van der Waals surface area contributed by atoms with E-state index in [1.165, 1.54) is 4.88 Å². The van der Waals surface area contributed by atoms with Crippen LogP contribution in [-0.4, -0.2) is 12.5 Å². The number of aryl methyl sites for hydroxylation is 1. The molecule has 2 heterocycles. The van der Waals surface area contributed by atoms with Gasteiger partial charge in [0.1, 0.15) is 0 Å². The number of amides is 1. The van der Waals surface area contributed by atoms with Crippen molar-refractivity contribution < 1.29 is 9.53 Å². The second-order valence-corrected chi connectivity index (χ2v) is 3.70. The van der Waals surface area contributed by atoms with E-state index in [0.717, 1.165) is 17.2 Å². The minimum atomic E-state index is -0.0667. The molecule has 0 bridgehead atoms. The highest BCUT2D eigenvalue weighted by Gasteiger charge is 2.18. The van der Waals surface area contributed by atoms with Crippen molar-refractivity contribution in [3.05, 3.63) is 10.9 Å². The predicted molar refractivity (Wildman–Crippen MR) is 59.2 cm³/mol. The van der Waals surface area contributed by atoms with Crippen LogP contribution < -0.4 is 10.1 Å². The maximum Gasteiger partial charge on any atom is 0.262 e. The summed E-state index contributed by atoms with van der Waals surface area (Å²) in [4.78, 5) is 12.1. The first kappa shape index (κ1) is 11.0. The summed E-state index contributed by atoms with van der Waals surface area (Å²) in [5.74, 6) is -0.0667. The van der Waals surface area contributed by atoms with Crippen LogP contribution in [0.4, 0.5) is 5.69 Å². The van der Waals surface area contributed by atoms with Gasteiger partial charge in [0, 0.05) is 4.88 Å². The zero-order valence-corrected chi connectivity index (χ0v) is 9.53. The zero-order chi connectivity index (χ0) is 10.6. The molecule has 0 unspecified atom stereocenters. The fourth-order valence-electron chi connectivity index (χ4n) is 1.11. The molecule has 0 atom stereocenters. The average Bonchev–Trinajstić information content (AvgIpc) is 2.62. The maximum absolute atomic E-state index is 10.9. The van der Waals surface area contributed by atoms with E-state index in [-0.39, 0.29) is 12.5 Å². The van der Waals surface area contributed by atoms with Gasteiger partial charge in [0.05, 0.1) is 5.69 Å². The molecule has 1 aromatic rings. The van der Waals surface area contributed by atoms with Gasteiger partial charge in [0.2, 0.25) is 0 Å².